The van der Waals surface area contributed by atoms with Crippen LogP contribution in [0.25, 0.3) is 10.8 Å². The maximum Gasteiger partial charge on any atom is 0.240 e. The molecular formula is C25H23ClN4O3S. The van der Waals surface area contributed by atoms with Crippen molar-refractivity contribution >= 4 is 51.6 Å². The lowest BCUT2D eigenvalue weighted by atomic mass is 10.1. The minimum absolute atomic E-state index is 0.0171. The van der Waals surface area contributed by atoms with Crippen molar-refractivity contribution in [3.05, 3.63) is 89.2 Å². The zero-order chi connectivity index (χ0) is 23.9. The number of nitrogens with zero attached hydrogens (tertiary/aromatic N) is 2. The van der Waals surface area contributed by atoms with E-state index in [-0.39, 0.29) is 30.7 Å². The number of rotatable bonds is 9. The number of hydrogen-bond acceptors (Lipinski definition) is 5. The van der Waals surface area contributed by atoms with Crippen molar-refractivity contribution in [2.75, 3.05) is 11.1 Å². The maximum absolute atomic E-state index is 12.6. The molecule has 4 aromatic rings. The van der Waals surface area contributed by atoms with E-state index >= 15 is 0 Å². The molecule has 0 aliphatic carbocycles. The van der Waals surface area contributed by atoms with E-state index in [1.54, 1.807) is 16.7 Å². The van der Waals surface area contributed by atoms with Crippen LogP contribution < -0.4 is 10.6 Å². The second-order valence-corrected chi connectivity index (χ2v) is 8.92. The van der Waals surface area contributed by atoms with Crippen molar-refractivity contribution in [3.8, 4) is 0 Å². The molecule has 4 rings (SSSR count). The smallest absolute Gasteiger partial charge is 0.240 e. The van der Waals surface area contributed by atoms with Crippen molar-refractivity contribution in [2.45, 2.75) is 24.9 Å². The maximum atomic E-state index is 12.6. The Hall–Kier alpha value is -3.33. The number of carbonyl (C=O) groups excluding carboxylic acids is 2. The summed E-state index contributed by atoms with van der Waals surface area (Å²) in [6, 6.07) is 20.8. The Kier molecular flexibility index (Phi) is 7.84. The minimum Gasteiger partial charge on any atom is -0.390 e. The molecular weight excluding hydrogens is 472 g/mol. The Morgan fingerprint density at radius 1 is 1.00 bits per heavy atom. The quantitative estimate of drug-likeness (QED) is 0.303. The highest BCUT2D eigenvalue weighted by atomic mass is 35.5. The molecule has 0 bridgehead atoms. The van der Waals surface area contributed by atoms with E-state index < -0.39 is 0 Å². The first-order valence-corrected chi connectivity index (χ1v) is 12.0. The van der Waals surface area contributed by atoms with E-state index in [2.05, 4.69) is 15.6 Å². The van der Waals surface area contributed by atoms with Gasteiger partial charge in [0.25, 0.3) is 0 Å². The largest absolute Gasteiger partial charge is 0.390 e. The van der Waals surface area contributed by atoms with Crippen molar-refractivity contribution in [1.82, 2.24) is 14.9 Å². The molecule has 0 saturated carbocycles. The predicted octanol–water partition coefficient (Wildman–Crippen LogP) is 4.23. The van der Waals surface area contributed by atoms with E-state index in [4.69, 9.17) is 11.6 Å². The van der Waals surface area contributed by atoms with Gasteiger partial charge in [0, 0.05) is 22.6 Å². The number of amides is 2. The van der Waals surface area contributed by atoms with Gasteiger partial charge in [0.05, 0.1) is 24.3 Å². The van der Waals surface area contributed by atoms with Crippen LogP contribution in [0.2, 0.25) is 5.02 Å². The Balaban J connectivity index is 1.37. The number of halogens is 1. The van der Waals surface area contributed by atoms with Crippen molar-refractivity contribution in [1.29, 1.82) is 0 Å². The molecule has 174 valence electrons. The average molecular weight is 495 g/mol. The molecule has 0 aliphatic heterocycles. The van der Waals surface area contributed by atoms with Crippen LogP contribution in [0.15, 0.2) is 78.1 Å². The zero-order valence-electron chi connectivity index (χ0n) is 18.2. The highest BCUT2D eigenvalue weighted by Gasteiger charge is 2.15. The molecule has 3 N–H and O–H groups in total. The molecule has 7 nitrogen and oxygen atoms in total. The van der Waals surface area contributed by atoms with Gasteiger partial charge in [-0.25, -0.2) is 4.98 Å². The normalized spacial score (nSPS) is 10.9. The molecule has 0 aliphatic rings. The molecule has 1 aromatic heterocycles. The summed E-state index contributed by atoms with van der Waals surface area (Å²) in [5, 5.41) is 18.6. The van der Waals surface area contributed by atoms with E-state index in [0.29, 0.717) is 22.4 Å². The zero-order valence-corrected chi connectivity index (χ0v) is 19.8. The number of carbonyl (C=O) groups is 2. The molecule has 2 amide bonds. The fourth-order valence-corrected chi connectivity index (χ4v) is 4.38. The van der Waals surface area contributed by atoms with Gasteiger partial charge >= 0.3 is 0 Å². The Labute approximate surface area is 206 Å². The fraction of sp³-hybridized carbons (Fsp3) is 0.160. The number of aliphatic hydroxyl groups excluding tert-OH is 1. The Bertz CT molecular complexity index is 1300. The first-order chi connectivity index (χ1) is 16.5. The van der Waals surface area contributed by atoms with Crippen LogP contribution in [-0.2, 0) is 29.3 Å². The van der Waals surface area contributed by atoms with Gasteiger partial charge in [-0.2, -0.15) is 0 Å². The van der Waals surface area contributed by atoms with Crippen LogP contribution >= 0.6 is 23.4 Å². The lowest BCUT2D eigenvalue weighted by Crippen LogP contribution is -2.28. The van der Waals surface area contributed by atoms with Gasteiger partial charge in [-0.15, -0.1) is 0 Å². The SMILES string of the molecule is O=C(Cn1c(CO)cnc1SCC(=O)Nc1cccc2ccccc12)NCc1ccc(Cl)cc1. The molecule has 0 unspecified atom stereocenters. The van der Waals surface area contributed by atoms with Gasteiger partial charge in [-0.1, -0.05) is 71.9 Å². The van der Waals surface area contributed by atoms with Gasteiger partial charge in [-0.05, 0) is 29.1 Å². The van der Waals surface area contributed by atoms with Crippen LogP contribution in [0.3, 0.4) is 0 Å². The Morgan fingerprint density at radius 3 is 2.56 bits per heavy atom. The molecule has 0 atom stereocenters. The fourth-order valence-electron chi connectivity index (χ4n) is 3.46. The average Bonchev–Trinajstić information content (AvgIpc) is 3.24. The first-order valence-electron chi connectivity index (χ1n) is 10.6. The third kappa shape index (κ3) is 5.96. The van der Waals surface area contributed by atoms with Gasteiger partial charge < -0.3 is 20.3 Å². The number of aliphatic hydroxyl groups is 1. The van der Waals surface area contributed by atoms with E-state index in [1.165, 1.54) is 18.0 Å². The summed E-state index contributed by atoms with van der Waals surface area (Å²) in [7, 11) is 0. The van der Waals surface area contributed by atoms with Crippen LogP contribution in [0, 0.1) is 0 Å². The lowest BCUT2D eigenvalue weighted by Gasteiger charge is -2.12. The number of imidazole rings is 1. The first kappa shape index (κ1) is 23.8. The molecule has 1 heterocycles. The molecule has 0 radical (unpaired) electrons. The van der Waals surface area contributed by atoms with Gasteiger partial charge in [0.2, 0.25) is 11.8 Å². The predicted molar refractivity (Wildman–Crippen MR) is 135 cm³/mol. The van der Waals surface area contributed by atoms with Crippen LogP contribution in [0.4, 0.5) is 5.69 Å². The number of aromatic nitrogens is 2. The highest BCUT2D eigenvalue weighted by Crippen LogP contribution is 2.24. The minimum atomic E-state index is -0.264. The van der Waals surface area contributed by atoms with Crippen molar-refractivity contribution in [3.63, 3.8) is 0 Å². The van der Waals surface area contributed by atoms with Crippen molar-refractivity contribution in [2.24, 2.45) is 0 Å². The number of benzene rings is 3. The number of fused-ring (bicyclic) bond motifs is 1. The monoisotopic (exact) mass is 494 g/mol. The molecule has 0 saturated heterocycles. The number of hydrogen-bond donors (Lipinski definition) is 3. The number of anilines is 1. The summed E-state index contributed by atoms with van der Waals surface area (Å²) in [6.07, 6.45) is 1.51. The summed E-state index contributed by atoms with van der Waals surface area (Å²) < 4.78 is 1.62. The highest BCUT2D eigenvalue weighted by molar-refractivity contribution is 7.99. The van der Waals surface area contributed by atoms with Crippen molar-refractivity contribution < 1.29 is 14.7 Å². The molecule has 0 fully saturated rings. The van der Waals surface area contributed by atoms with Gasteiger partial charge in [0.1, 0.15) is 6.54 Å². The lowest BCUT2D eigenvalue weighted by molar-refractivity contribution is -0.122. The van der Waals surface area contributed by atoms with E-state index in [9.17, 15) is 14.7 Å². The summed E-state index contributed by atoms with van der Waals surface area (Å²) in [4.78, 5) is 29.4. The molecule has 0 spiro atoms. The third-order valence-corrected chi connectivity index (χ3v) is 6.41. The second-order valence-electron chi connectivity index (χ2n) is 7.54. The summed E-state index contributed by atoms with van der Waals surface area (Å²) in [5.41, 5.74) is 2.16. The van der Waals surface area contributed by atoms with E-state index in [0.717, 1.165) is 22.0 Å². The van der Waals surface area contributed by atoms with Gasteiger partial charge in [-0.3, -0.25) is 9.59 Å². The van der Waals surface area contributed by atoms with E-state index in [1.807, 2.05) is 54.6 Å². The van der Waals surface area contributed by atoms with Crippen LogP contribution in [0.1, 0.15) is 11.3 Å². The molecule has 34 heavy (non-hydrogen) atoms. The molecule has 3 aromatic carbocycles. The van der Waals surface area contributed by atoms with Crippen LogP contribution in [0.5, 0.6) is 0 Å². The summed E-state index contributed by atoms with van der Waals surface area (Å²) in [5.74, 6) is -0.310. The Morgan fingerprint density at radius 2 is 1.76 bits per heavy atom. The topological polar surface area (TPSA) is 96.2 Å². The van der Waals surface area contributed by atoms with Gasteiger partial charge in [0.15, 0.2) is 5.16 Å². The standard InChI is InChI=1S/C25H23ClN4O3S/c26-19-10-8-17(9-11-19)12-27-23(32)14-30-20(15-31)13-28-25(30)34-16-24(33)29-22-7-3-5-18-4-1-2-6-21(18)22/h1-11,13,31H,12,14-16H2,(H,27,32)(H,29,33). The summed E-state index contributed by atoms with van der Waals surface area (Å²) in [6.45, 7) is 0.0755. The van der Waals surface area contributed by atoms with Crippen LogP contribution in [-0.4, -0.2) is 32.2 Å². The number of thioether (sulfide) groups is 1. The summed E-state index contributed by atoms with van der Waals surface area (Å²) >= 11 is 7.10. The third-order valence-electron chi connectivity index (χ3n) is 5.16. The molecule has 9 heteroatoms. The number of nitrogens with one attached hydrogen (secondary N) is 2. The second kappa shape index (κ2) is 11.2.